The van der Waals surface area contributed by atoms with Crippen molar-refractivity contribution in [1.82, 2.24) is 0 Å². The van der Waals surface area contributed by atoms with Crippen LogP contribution in [0.25, 0.3) is 11.1 Å². The Morgan fingerprint density at radius 2 is 1.32 bits per heavy atom. The Labute approximate surface area is 150 Å². The molecule has 1 atom stereocenters. The highest BCUT2D eigenvalue weighted by Gasteiger charge is 2.03. The van der Waals surface area contributed by atoms with Crippen LogP contribution in [0.15, 0.2) is 78.9 Å². The Kier molecular flexibility index (Phi) is 7.36. The van der Waals surface area contributed by atoms with Crippen molar-refractivity contribution < 1.29 is 4.39 Å². The molecule has 1 nitrogen and oxygen atoms in total. The Balaban J connectivity index is 0.000000236. The van der Waals surface area contributed by atoms with Crippen molar-refractivity contribution in [3.63, 3.8) is 0 Å². The number of halogens is 1. The van der Waals surface area contributed by atoms with Crippen LogP contribution in [0.2, 0.25) is 0 Å². The number of rotatable bonds is 4. The molecule has 3 rings (SSSR count). The van der Waals surface area contributed by atoms with Gasteiger partial charge >= 0.3 is 0 Å². The molecule has 1 unspecified atom stereocenters. The maximum atomic E-state index is 12.8. The fourth-order valence-corrected chi connectivity index (χ4v) is 2.50. The van der Waals surface area contributed by atoms with Gasteiger partial charge in [-0.3, -0.25) is 0 Å². The smallest absolute Gasteiger partial charge is 0.123 e. The standard InChI is InChI=1S/C16H17F.C7H9N/c1-3-12(2)13-4-6-14(7-5-13)15-8-10-16(17)11-9-15;8-6-7-4-2-1-3-5-7/h4-12H,3H2,1-2H3;1-5H,6,8H2. The summed E-state index contributed by atoms with van der Waals surface area (Å²) in [6, 6.07) is 25.1. The molecule has 2 heteroatoms. The number of nitrogens with two attached hydrogens (primary N) is 1. The summed E-state index contributed by atoms with van der Waals surface area (Å²) in [7, 11) is 0. The van der Waals surface area contributed by atoms with Crippen LogP contribution < -0.4 is 5.73 Å². The second-order valence-electron chi connectivity index (χ2n) is 6.13. The van der Waals surface area contributed by atoms with E-state index in [0.29, 0.717) is 12.5 Å². The fraction of sp³-hybridized carbons (Fsp3) is 0.217. The third-order valence-corrected chi connectivity index (χ3v) is 4.35. The maximum absolute atomic E-state index is 12.8. The topological polar surface area (TPSA) is 26.0 Å². The van der Waals surface area contributed by atoms with Crippen LogP contribution in [-0.2, 0) is 6.54 Å². The third-order valence-electron chi connectivity index (χ3n) is 4.35. The van der Waals surface area contributed by atoms with E-state index >= 15 is 0 Å². The van der Waals surface area contributed by atoms with Gasteiger partial charge in [-0.15, -0.1) is 0 Å². The molecule has 3 aromatic carbocycles. The summed E-state index contributed by atoms with van der Waals surface area (Å²) < 4.78 is 12.8. The van der Waals surface area contributed by atoms with Crippen molar-refractivity contribution in [2.45, 2.75) is 32.7 Å². The van der Waals surface area contributed by atoms with Crippen molar-refractivity contribution in [1.29, 1.82) is 0 Å². The first-order valence-electron chi connectivity index (χ1n) is 8.74. The quantitative estimate of drug-likeness (QED) is 0.608. The summed E-state index contributed by atoms with van der Waals surface area (Å²) in [6.45, 7) is 5.06. The predicted molar refractivity (Wildman–Crippen MR) is 105 cm³/mol. The molecule has 0 saturated carbocycles. The largest absolute Gasteiger partial charge is 0.326 e. The van der Waals surface area contributed by atoms with Crippen molar-refractivity contribution in [2.75, 3.05) is 0 Å². The summed E-state index contributed by atoms with van der Waals surface area (Å²) in [4.78, 5) is 0. The van der Waals surface area contributed by atoms with E-state index in [1.54, 1.807) is 0 Å². The number of benzene rings is 3. The van der Waals surface area contributed by atoms with Gasteiger partial charge in [-0.2, -0.15) is 0 Å². The van der Waals surface area contributed by atoms with E-state index in [4.69, 9.17) is 5.73 Å². The zero-order valence-electron chi connectivity index (χ0n) is 15.0. The normalized spacial score (nSPS) is 11.4. The summed E-state index contributed by atoms with van der Waals surface area (Å²) >= 11 is 0. The third kappa shape index (κ3) is 5.84. The summed E-state index contributed by atoms with van der Waals surface area (Å²) in [6.07, 6.45) is 1.15. The highest BCUT2D eigenvalue weighted by Crippen LogP contribution is 2.24. The van der Waals surface area contributed by atoms with Crippen LogP contribution in [-0.4, -0.2) is 0 Å². The molecule has 0 aliphatic heterocycles. The summed E-state index contributed by atoms with van der Waals surface area (Å²) in [5, 5.41) is 0. The summed E-state index contributed by atoms with van der Waals surface area (Å²) in [5.41, 5.74) is 10.1. The van der Waals surface area contributed by atoms with Gasteiger partial charge in [-0.05, 0) is 46.7 Å². The summed E-state index contributed by atoms with van der Waals surface area (Å²) in [5.74, 6) is 0.405. The second kappa shape index (κ2) is 9.75. The molecule has 0 spiro atoms. The van der Waals surface area contributed by atoms with E-state index in [2.05, 4.69) is 38.1 Å². The van der Waals surface area contributed by atoms with Crippen LogP contribution >= 0.6 is 0 Å². The Morgan fingerprint density at radius 3 is 1.76 bits per heavy atom. The van der Waals surface area contributed by atoms with Crippen LogP contribution in [0.1, 0.15) is 37.3 Å². The minimum atomic E-state index is -0.190. The van der Waals surface area contributed by atoms with Gasteiger partial charge in [0.25, 0.3) is 0 Å². The minimum absolute atomic E-state index is 0.190. The zero-order chi connectivity index (χ0) is 18.1. The van der Waals surface area contributed by atoms with Crippen LogP contribution in [0.4, 0.5) is 4.39 Å². The fourth-order valence-electron chi connectivity index (χ4n) is 2.50. The average molecular weight is 335 g/mol. The molecule has 3 aromatic rings. The maximum Gasteiger partial charge on any atom is 0.123 e. The lowest BCUT2D eigenvalue weighted by atomic mass is 9.96. The van der Waals surface area contributed by atoms with E-state index < -0.39 is 0 Å². The molecule has 0 bridgehead atoms. The lowest BCUT2D eigenvalue weighted by Gasteiger charge is -2.09. The van der Waals surface area contributed by atoms with Crippen LogP contribution in [0.3, 0.4) is 0 Å². The molecule has 0 heterocycles. The number of hydrogen-bond acceptors (Lipinski definition) is 1. The lowest BCUT2D eigenvalue weighted by Crippen LogP contribution is -1.94. The van der Waals surface area contributed by atoms with Crippen molar-refractivity contribution >= 4 is 0 Å². The first-order valence-corrected chi connectivity index (χ1v) is 8.74. The van der Waals surface area contributed by atoms with Crippen LogP contribution in [0.5, 0.6) is 0 Å². The van der Waals surface area contributed by atoms with Gasteiger partial charge in [0.15, 0.2) is 0 Å². The van der Waals surface area contributed by atoms with Crippen molar-refractivity contribution in [2.24, 2.45) is 5.73 Å². The molecule has 0 fully saturated rings. The molecule has 25 heavy (non-hydrogen) atoms. The molecule has 0 amide bonds. The average Bonchev–Trinajstić information content (AvgIpc) is 2.69. The zero-order valence-corrected chi connectivity index (χ0v) is 15.0. The van der Waals surface area contributed by atoms with Gasteiger partial charge in [0.1, 0.15) is 5.82 Å². The van der Waals surface area contributed by atoms with Crippen molar-refractivity contribution in [3.05, 3.63) is 95.8 Å². The van der Waals surface area contributed by atoms with Gasteiger partial charge in [0, 0.05) is 6.54 Å². The molecule has 0 aliphatic rings. The van der Waals surface area contributed by atoms with Gasteiger partial charge in [-0.25, -0.2) is 4.39 Å². The van der Waals surface area contributed by atoms with E-state index in [9.17, 15) is 4.39 Å². The Bertz CT molecular complexity index is 733. The molecule has 0 saturated heterocycles. The van der Waals surface area contributed by atoms with Gasteiger partial charge in [0.2, 0.25) is 0 Å². The highest BCUT2D eigenvalue weighted by atomic mass is 19.1. The van der Waals surface area contributed by atoms with E-state index in [-0.39, 0.29) is 5.82 Å². The Hall–Kier alpha value is -2.45. The first-order chi connectivity index (χ1) is 12.1. The molecule has 0 radical (unpaired) electrons. The molecule has 0 aliphatic carbocycles. The minimum Gasteiger partial charge on any atom is -0.326 e. The van der Waals surface area contributed by atoms with Crippen LogP contribution in [0, 0.1) is 5.82 Å². The van der Waals surface area contributed by atoms with Gasteiger partial charge < -0.3 is 5.73 Å². The van der Waals surface area contributed by atoms with Gasteiger partial charge in [0.05, 0.1) is 0 Å². The SMILES string of the molecule is CCC(C)c1ccc(-c2ccc(F)cc2)cc1.NCc1ccccc1. The highest BCUT2D eigenvalue weighted by molar-refractivity contribution is 5.63. The molecule has 130 valence electrons. The lowest BCUT2D eigenvalue weighted by molar-refractivity contribution is 0.628. The monoisotopic (exact) mass is 335 g/mol. The first kappa shape index (κ1) is 18.9. The van der Waals surface area contributed by atoms with Gasteiger partial charge in [-0.1, -0.05) is 80.6 Å². The molecular formula is C23H26FN. The molecule has 2 N–H and O–H groups in total. The predicted octanol–water partition coefficient (Wildman–Crippen LogP) is 6.15. The van der Waals surface area contributed by atoms with E-state index in [0.717, 1.165) is 17.5 Å². The second-order valence-corrected chi connectivity index (χ2v) is 6.13. The van der Waals surface area contributed by atoms with E-state index in [1.165, 1.54) is 23.3 Å². The number of hydrogen-bond donors (Lipinski definition) is 1. The molecule has 0 aromatic heterocycles. The molecular weight excluding hydrogens is 309 g/mol. The van der Waals surface area contributed by atoms with Crippen molar-refractivity contribution in [3.8, 4) is 11.1 Å². The van der Waals surface area contributed by atoms with E-state index in [1.807, 2.05) is 42.5 Å². The Morgan fingerprint density at radius 1 is 0.800 bits per heavy atom.